The maximum absolute atomic E-state index is 8.69. The van der Waals surface area contributed by atoms with Gasteiger partial charge in [-0.2, -0.15) is 0 Å². The molecule has 10 aromatic rings. The summed E-state index contributed by atoms with van der Waals surface area (Å²) in [6.07, 6.45) is 41.9. The first-order chi connectivity index (χ1) is 68.7. The number of unbranched alkanes of at least 4 members (excludes halogenated alkanes) is 10. The van der Waals surface area contributed by atoms with Crippen molar-refractivity contribution in [1.82, 2.24) is 0 Å². The zero-order valence-electron chi connectivity index (χ0n) is 84.9. The van der Waals surface area contributed by atoms with E-state index in [2.05, 4.69) is 312 Å². The Kier molecular flexibility index (Phi) is 28.7. The van der Waals surface area contributed by atoms with E-state index in [1.54, 1.807) is 17.1 Å². The lowest BCUT2D eigenvalue weighted by molar-refractivity contribution is -0.00575. The van der Waals surface area contributed by atoms with Crippen LogP contribution in [0.5, 0.6) is 0 Å². The van der Waals surface area contributed by atoms with E-state index < -0.39 is 70.4 Å². The van der Waals surface area contributed by atoms with Crippen LogP contribution in [0.1, 0.15) is 345 Å². The monoisotopic (exact) mass is 2010 g/mol. The molecule has 0 saturated carbocycles. The third-order valence-electron chi connectivity index (χ3n) is 32.6. The van der Waals surface area contributed by atoms with Crippen molar-refractivity contribution in [2.45, 2.75) is 289 Å². The smallest absolute Gasteiger partial charge is 0.367 e. The van der Waals surface area contributed by atoms with E-state index in [0.717, 1.165) is 220 Å². The highest BCUT2D eigenvalue weighted by Crippen LogP contribution is 2.62. The third-order valence-corrected chi connectivity index (χ3v) is 64.3. The molecule has 6 aliphatic heterocycles. The first-order valence-corrected chi connectivity index (χ1v) is 68.1. The molecule has 4 unspecified atom stereocenters. The maximum Gasteiger partial charge on any atom is 0.508 e. The van der Waals surface area contributed by atoms with Crippen LogP contribution >= 0.6 is 0 Å². The molecule has 21 rings (SSSR count). The van der Waals surface area contributed by atoms with Gasteiger partial charge in [-0.3, -0.25) is 0 Å². The molecule has 4 atom stereocenters. The molecule has 11 aliphatic rings. The van der Waals surface area contributed by atoms with Gasteiger partial charge >= 0.3 is 70.4 Å². The average Bonchev–Trinajstić information content (AvgIpc) is 1.62. The summed E-state index contributed by atoms with van der Waals surface area (Å²) >= 11 is 0. The summed E-state index contributed by atoms with van der Waals surface area (Å²) in [6, 6.07) is 80.2. The van der Waals surface area contributed by atoms with Gasteiger partial charge in [0.15, 0.2) is 0 Å². The van der Waals surface area contributed by atoms with E-state index in [4.69, 9.17) is 69.1 Å². The topological polar surface area (TPSA) is 111 Å². The number of rotatable bonds is 43. The predicted octanol–water partition coefficient (Wildman–Crippen LogP) is 32.4. The quantitative estimate of drug-likeness (QED) is 0.0339. The van der Waals surface area contributed by atoms with Crippen LogP contribution < -0.4 is 0 Å². The molecule has 0 radical (unpaired) electrons. The normalized spacial score (nSPS) is 25.6. The highest BCUT2D eigenvalue weighted by molar-refractivity contribution is 7.08. The molecule has 0 N–H and O–H groups in total. The molecule has 6 fully saturated rings. The third kappa shape index (κ3) is 17.7. The minimum Gasteiger partial charge on any atom is -0.367 e. The fourth-order valence-electron chi connectivity index (χ4n) is 25.7. The van der Waals surface area contributed by atoms with Crippen molar-refractivity contribution in [2.75, 3.05) is 0 Å². The van der Waals surface area contributed by atoms with E-state index in [9.17, 15) is 0 Å². The molecule has 8 bridgehead atoms. The maximum atomic E-state index is 8.69. The Morgan fingerprint density at radius 3 is 0.482 bits per heavy atom. The molecule has 6 saturated heterocycles. The summed E-state index contributed by atoms with van der Waals surface area (Å²) in [5, 5.41) is 0. The van der Waals surface area contributed by atoms with Crippen molar-refractivity contribution in [3.05, 3.63) is 361 Å². The second-order valence-corrected chi connectivity index (χ2v) is 63.9. The summed E-state index contributed by atoms with van der Waals surface area (Å²) < 4.78 is 102. The van der Waals surface area contributed by atoms with E-state index >= 15 is 0 Å². The molecule has 0 spiro atoms. The molecule has 732 valence electrons. The van der Waals surface area contributed by atoms with Gasteiger partial charge in [0.2, 0.25) is 0 Å². The van der Waals surface area contributed by atoms with E-state index in [-0.39, 0.29) is 27.1 Å². The second-order valence-electron chi connectivity index (χ2n) is 41.5. The van der Waals surface area contributed by atoms with Gasteiger partial charge in [0.05, 0.1) is 0 Å². The Morgan fingerprint density at radius 2 is 0.326 bits per heavy atom. The summed E-state index contributed by atoms with van der Waals surface area (Å²) in [5.41, 5.74) is 44.3. The highest BCUT2D eigenvalue weighted by Gasteiger charge is 2.82. The fourth-order valence-corrected chi connectivity index (χ4v) is 66.8. The summed E-state index contributed by atoms with van der Waals surface area (Å²) in [4.78, 5) is 0. The van der Waals surface area contributed by atoms with Crippen molar-refractivity contribution in [3.63, 3.8) is 0 Å². The lowest BCUT2D eigenvalue weighted by Gasteiger charge is -2.60. The Hall–Kier alpha value is -8.62. The lowest BCUT2D eigenvalue weighted by Crippen LogP contribution is -2.87. The Balaban J connectivity index is 0.850. The van der Waals surface area contributed by atoms with Gasteiger partial charge in [0.25, 0.3) is 0 Å². The van der Waals surface area contributed by atoms with Gasteiger partial charge in [-0.15, -0.1) is 19.7 Å². The fraction of sp³-hybridized carbons (Fsp3) is 0.372. The minimum atomic E-state index is -5.13. The molecular formula is C121H144O12Si8. The molecule has 12 nitrogen and oxygen atoms in total. The molecule has 141 heavy (non-hydrogen) atoms. The molecule has 20 heteroatoms. The molecule has 6 heterocycles. The van der Waals surface area contributed by atoms with Crippen LogP contribution in [0.15, 0.2) is 278 Å². The number of fused-ring (bicyclic) bond motifs is 15. The molecule has 0 amide bonds. The first-order valence-electron chi connectivity index (χ1n) is 53.7. The van der Waals surface area contributed by atoms with Gasteiger partial charge in [-0.05, 0) is 249 Å². The van der Waals surface area contributed by atoms with Crippen molar-refractivity contribution >= 4 is 101 Å². The Bertz CT molecular complexity index is 6200. The van der Waals surface area contributed by atoms with Crippen LogP contribution in [0, 0.1) is 0 Å². The number of hydrogen-bond acceptors (Lipinski definition) is 12. The molecular weight excluding hydrogens is 1870 g/mol. The van der Waals surface area contributed by atoms with Crippen LogP contribution in [0.25, 0.3) is 86.0 Å². The van der Waals surface area contributed by atoms with Gasteiger partial charge in [-0.25, -0.2) is 0 Å². The SMILES string of the molecule is C=C[Si]12O[Si]3(C=C)O[Si]4(/C=C/c5ccc6c(c5)C(CCCC)(CCCC)c5ccccc5-6)O[Si](/C=C/c5ccc6c(c5)C(CCCC)(CCCC)c5ccccc5-6)(O1)O[Si]1(C=C)O[Si](/C=C/c5ccc6c(c5)C(CCCC)(CCCC)c5ccccc5-6)(O2)O[Si](/C=C/c2ccc5c(c2)C(CCCC)(CCCC)c2ccccc2-5)(O3)O[Si](/C=C/c2ccc3c(c2)C(CCCC)(CCCC)c2ccccc2-3)(O1)O4. The van der Waals surface area contributed by atoms with E-state index in [1.165, 1.54) is 111 Å². The van der Waals surface area contributed by atoms with Crippen LogP contribution in [0.3, 0.4) is 0 Å². The van der Waals surface area contributed by atoms with Crippen LogP contribution in [-0.2, 0) is 76.5 Å². The zero-order chi connectivity index (χ0) is 97.6. The van der Waals surface area contributed by atoms with Gasteiger partial charge in [0.1, 0.15) is 0 Å². The van der Waals surface area contributed by atoms with Crippen LogP contribution in [0.2, 0.25) is 0 Å². The van der Waals surface area contributed by atoms with Crippen molar-refractivity contribution < 1.29 is 49.4 Å². The second kappa shape index (κ2) is 40.7. The first kappa shape index (κ1) is 99.7. The van der Waals surface area contributed by atoms with Crippen LogP contribution in [-0.4, -0.2) is 70.4 Å². The molecule has 10 aromatic carbocycles. The van der Waals surface area contributed by atoms with Crippen LogP contribution in [0.4, 0.5) is 0 Å². The molecule has 5 aliphatic carbocycles. The summed E-state index contributed by atoms with van der Waals surface area (Å²) in [6.45, 7) is 37.5. The summed E-state index contributed by atoms with van der Waals surface area (Å²) in [5.74, 6) is 0. The van der Waals surface area contributed by atoms with Gasteiger partial charge in [-0.1, -0.05) is 440 Å². The summed E-state index contributed by atoms with van der Waals surface area (Å²) in [7, 11) is -40.2. The van der Waals surface area contributed by atoms with Crippen molar-refractivity contribution in [1.29, 1.82) is 0 Å². The van der Waals surface area contributed by atoms with Crippen molar-refractivity contribution in [3.8, 4) is 55.6 Å². The number of hydrogen-bond donors (Lipinski definition) is 0. The predicted molar refractivity (Wildman–Crippen MR) is 593 cm³/mol. The highest BCUT2D eigenvalue weighted by atomic mass is 28.6. The van der Waals surface area contributed by atoms with E-state index in [1.807, 2.05) is 28.5 Å². The number of benzene rings is 10. The lowest BCUT2D eigenvalue weighted by atomic mass is 9.70. The Labute approximate surface area is 849 Å². The van der Waals surface area contributed by atoms with Crippen molar-refractivity contribution in [2.24, 2.45) is 0 Å². The minimum absolute atomic E-state index is 0.239. The standard InChI is InChI=1S/C121H144O12Si8/c1-14-27-72-117(73-28-15-2)107-52-42-37-47-97(107)102-62-57-92(87-112(102)117)67-82-137-123-134(24-11)122-135(25-12)125-139(130-137,84-69-94-59-64-104-99-49-39-44-54-109(99)119(76-31-18-5,77-32-19-6)114(104)89-94)132-141(86-71-96-61-66-106-101-51-41-46-56-111(101)121(80-35-22-9,81-36-23-10)116(106)91-96)129-136(26-13,127-137)128-138(124-134,83-68-93-58-63-103-98-48-38-43-53-108(98)118(74-29-16-3,75-30-17-4)113(103)88-93)131-140(126-135,133-141)85-70-95-60-65-105-100-50-40-45-55-110(100)120(78-33-20-7,79-34-21-8)115(105)90-95/h24-26,37-71,82-91H,11-23,27-36,72-81H2,1-10H3/b82-67+,83-68+,84-69+,85-70+,86-71+. The molecule has 0 aromatic heterocycles. The Morgan fingerprint density at radius 1 is 0.184 bits per heavy atom. The van der Waals surface area contributed by atoms with E-state index in [0.29, 0.717) is 0 Å². The van der Waals surface area contributed by atoms with Gasteiger partial charge < -0.3 is 49.4 Å². The zero-order valence-corrected chi connectivity index (χ0v) is 92.9. The largest absolute Gasteiger partial charge is 0.508 e. The average molecular weight is 2020 g/mol. The van der Waals surface area contributed by atoms with Gasteiger partial charge in [0, 0.05) is 27.1 Å².